The third kappa shape index (κ3) is 3.57. The number of rotatable bonds is 3. The Morgan fingerprint density at radius 1 is 1.22 bits per heavy atom. The van der Waals surface area contributed by atoms with Gasteiger partial charge >= 0.3 is 6.03 Å². The first-order valence-electron chi connectivity index (χ1n) is 8.09. The van der Waals surface area contributed by atoms with E-state index in [0.29, 0.717) is 26.2 Å². The van der Waals surface area contributed by atoms with E-state index in [-0.39, 0.29) is 17.9 Å². The van der Waals surface area contributed by atoms with Crippen LogP contribution in [-0.2, 0) is 4.79 Å². The Morgan fingerprint density at radius 2 is 2.00 bits per heavy atom. The zero-order valence-electron chi connectivity index (χ0n) is 13.4. The number of urea groups is 1. The maximum absolute atomic E-state index is 12.5. The minimum Gasteiger partial charge on any atom is -0.487 e. The second-order valence-electron chi connectivity index (χ2n) is 6.42. The van der Waals surface area contributed by atoms with Crippen molar-refractivity contribution in [3.05, 3.63) is 29.8 Å². The largest absolute Gasteiger partial charge is 0.487 e. The first kappa shape index (κ1) is 15.6. The van der Waals surface area contributed by atoms with Crippen molar-refractivity contribution in [3.63, 3.8) is 0 Å². The van der Waals surface area contributed by atoms with Crippen LogP contribution in [0.5, 0.6) is 5.75 Å². The molecular weight excluding hydrogens is 294 g/mol. The van der Waals surface area contributed by atoms with E-state index in [9.17, 15) is 9.59 Å². The van der Waals surface area contributed by atoms with Crippen LogP contribution in [0, 0.1) is 12.8 Å². The average Bonchev–Trinajstić information content (AvgIpc) is 2.50. The number of piperidine rings is 1. The molecule has 3 amide bonds. The van der Waals surface area contributed by atoms with E-state index in [1.165, 1.54) is 0 Å². The van der Waals surface area contributed by atoms with E-state index in [2.05, 4.69) is 0 Å². The van der Waals surface area contributed by atoms with E-state index in [4.69, 9.17) is 10.5 Å². The fourth-order valence-corrected chi connectivity index (χ4v) is 3.21. The number of hydrogen-bond donors (Lipinski definition) is 1. The van der Waals surface area contributed by atoms with Crippen LogP contribution in [0.1, 0.15) is 18.4 Å². The van der Waals surface area contributed by atoms with Crippen molar-refractivity contribution in [1.29, 1.82) is 0 Å². The molecule has 2 heterocycles. The van der Waals surface area contributed by atoms with E-state index in [1.807, 2.05) is 36.1 Å². The molecule has 6 nitrogen and oxygen atoms in total. The maximum atomic E-state index is 12.5. The highest BCUT2D eigenvalue weighted by Gasteiger charge is 2.37. The Balaban J connectivity index is 1.49. The molecular formula is C17H23N3O3. The number of carbonyl (C=O) groups is 2. The van der Waals surface area contributed by atoms with Gasteiger partial charge in [-0.3, -0.25) is 4.79 Å². The van der Waals surface area contributed by atoms with E-state index < -0.39 is 6.03 Å². The molecule has 0 spiro atoms. The highest BCUT2D eigenvalue weighted by Crippen LogP contribution is 2.24. The van der Waals surface area contributed by atoms with Crippen LogP contribution in [0.2, 0.25) is 0 Å². The maximum Gasteiger partial charge on any atom is 0.314 e. The molecule has 2 aliphatic heterocycles. The second-order valence-corrected chi connectivity index (χ2v) is 6.42. The number of aryl methyl sites for hydroxylation is 1. The van der Waals surface area contributed by atoms with Gasteiger partial charge in [0.05, 0.1) is 19.0 Å². The lowest BCUT2D eigenvalue weighted by atomic mass is 9.95. The van der Waals surface area contributed by atoms with Gasteiger partial charge < -0.3 is 20.3 Å². The van der Waals surface area contributed by atoms with E-state index in [1.54, 1.807) is 4.90 Å². The van der Waals surface area contributed by atoms with Gasteiger partial charge in [0.2, 0.25) is 5.91 Å². The zero-order chi connectivity index (χ0) is 16.4. The lowest BCUT2D eigenvalue weighted by molar-refractivity contribution is -0.145. The van der Waals surface area contributed by atoms with Crippen molar-refractivity contribution in [3.8, 4) is 5.75 Å². The van der Waals surface area contributed by atoms with Crippen molar-refractivity contribution in [2.75, 3.05) is 26.2 Å². The number of primary amides is 1. The Hall–Kier alpha value is -2.24. The van der Waals surface area contributed by atoms with Gasteiger partial charge in [-0.2, -0.15) is 0 Å². The lowest BCUT2D eigenvalue weighted by Gasteiger charge is -2.42. The van der Waals surface area contributed by atoms with Crippen molar-refractivity contribution >= 4 is 11.9 Å². The molecule has 6 heteroatoms. The van der Waals surface area contributed by atoms with Gasteiger partial charge in [0.25, 0.3) is 0 Å². The van der Waals surface area contributed by atoms with Crippen LogP contribution in [0.25, 0.3) is 0 Å². The quantitative estimate of drug-likeness (QED) is 0.915. The third-order valence-corrected chi connectivity index (χ3v) is 4.53. The van der Waals surface area contributed by atoms with Crippen LogP contribution in [0.4, 0.5) is 4.79 Å². The molecule has 0 unspecified atom stereocenters. The average molecular weight is 317 g/mol. The van der Waals surface area contributed by atoms with Crippen LogP contribution < -0.4 is 10.5 Å². The summed E-state index contributed by atoms with van der Waals surface area (Å²) in [6.45, 7) is 4.34. The first-order valence-corrected chi connectivity index (χ1v) is 8.09. The summed E-state index contributed by atoms with van der Waals surface area (Å²) in [7, 11) is 0. The molecule has 23 heavy (non-hydrogen) atoms. The predicted octanol–water partition coefficient (Wildman–Crippen LogP) is 1.38. The van der Waals surface area contributed by atoms with Gasteiger partial charge in [-0.1, -0.05) is 12.1 Å². The van der Waals surface area contributed by atoms with Gasteiger partial charge in [0.15, 0.2) is 0 Å². The van der Waals surface area contributed by atoms with Gasteiger partial charge in [-0.05, 0) is 37.5 Å². The molecule has 2 fully saturated rings. The predicted molar refractivity (Wildman–Crippen MR) is 86.1 cm³/mol. The third-order valence-electron chi connectivity index (χ3n) is 4.53. The van der Waals surface area contributed by atoms with Crippen molar-refractivity contribution in [2.24, 2.45) is 11.7 Å². The summed E-state index contributed by atoms with van der Waals surface area (Å²) in [5.74, 6) is 0.830. The summed E-state index contributed by atoms with van der Waals surface area (Å²) < 4.78 is 5.88. The SMILES string of the molecule is Cc1cccc(OC2CN(C(=O)[C@@H]3CCCN(C(N)=O)C3)C2)c1. The van der Waals surface area contributed by atoms with Crippen molar-refractivity contribution in [1.82, 2.24) is 9.80 Å². The molecule has 0 radical (unpaired) electrons. The van der Waals surface area contributed by atoms with Crippen LogP contribution in [0.3, 0.4) is 0 Å². The Kier molecular flexibility index (Phi) is 4.41. The van der Waals surface area contributed by atoms with Gasteiger partial charge in [-0.15, -0.1) is 0 Å². The highest BCUT2D eigenvalue weighted by molar-refractivity contribution is 5.81. The van der Waals surface area contributed by atoms with Crippen molar-refractivity contribution in [2.45, 2.75) is 25.9 Å². The number of nitrogens with two attached hydrogens (primary N) is 1. The van der Waals surface area contributed by atoms with E-state index >= 15 is 0 Å². The number of carbonyl (C=O) groups excluding carboxylic acids is 2. The van der Waals surface area contributed by atoms with Crippen LogP contribution in [-0.4, -0.2) is 54.0 Å². The fraction of sp³-hybridized carbons (Fsp3) is 0.529. The molecule has 0 saturated carbocycles. The molecule has 0 aromatic heterocycles. The molecule has 124 valence electrons. The summed E-state index contributed by atoms with van der Waals surface area (Å²) in [6, 6.07) is 7.48. The number of amides is 3. The van der Waals surface area contributed by atoms with Crippen molar-refractivity contribution < 1.29 is 14.3 Å². The second kappa shape index (κ2) is 6.48. The highest BCUT2D eigenvalue weighted by atomic mass is 16.5. The van der Waals surface area contributed by atoms with Crippen LogP contribution >= 0.6 is 0 Å². The Morgan fingerprint density at radius 3 is 2.70 bits per heavy atom. The number of ether oxygens (including phenoxy) is 1. The van der Waals surface area contributed by atoms with Crippen LogP contribution in [0.15, 0.2) is 24.3 Å². The summed E-state index contributed by atoms with van der Waals surface area (Å²) in [4.78, 5) is 27.1. The fourth-order valence-electron chi connectivity index (χ4n) is 3.21. The molecule has 3 rings (SSSR count). The summed E-state index contributed by atoms with van der Waals surface area (Å²) in [6.07, 6.45) is 1.70. The molecule has 2 aliphatic rings. The normalized spacial score (nSPS) is 21.7. The zero-order valence-corrected chi connectivity index (χ0v) is 13.4. The molecule has 2 N–H and O–H groups in total. The first-order chi connectivity index (χ1) is 11.0. The molecule has 2 saturated heterocycles. The Bertz CT molecular complexity index is 599. The Labute approximate surface area is 136 Å². The van der Waals surface area contributed by atoms with Gasteiger partial charge in [-0.25, -0.2) is 4.79 Å². The summed E-state index contributed by atoms with van der Waals surface area (Å²) in [5.41, 5.74) is 6.47. The molecule has 1 aromatic carbocycles. The molecule has 1 aromatic rings. The number of nitrogens with zero attached hydrogens (tertiary/aromatic N) is 2. The standard InChI is InChI=1S/C17H23N3O3/c1-12-4-2-6-14(8-12)23-15-10-20(11-15)16(21)13-5-3-7-19(9-13)17(18)22/h2,4,6,8,13,15H,3,5,7,9-11H2,1H3,(H2,18,22)/t13-/m1/s1. The topological polar surface area (TPSA) is 75.9 Å². The molecule has 0 aliphatic carbocycles. The smallest absolute Gasteiger partial charge is 0.314 e. The molecule has 1 atom stereocenters. The van der Waals surface area contributed by atoms with Gasteiger partial charge in [0, 0.05) is 13.1 Å². The summed E-state index contributed by atoms with van der Waals surface area (Å²) >= 11 is 0. The summed E-state index contributed by atoms with van der Waals surface area (Å²) in [5, 5.41) is 0. The molecule has 0 bridgehead atoms. The minimum absolute atomic E-state index is 0.0524. The monoisotopic (exact) mass is 317 g/mol. The minimum atomic E-state index is -0.438. The number of hydrogen-bond acceptors (Lipinski definition) is 3. The van der Waals surface area contributed by atoms with Gasteiger partial charge in [0.1, 0.15) is 11.9 Å². The van der Waals surface area contributed by atoms with E-state index in [0.717, 1.165) is 24.2 Å². The number of likely N-dealkylation sites (tertiary alicyclic amines) is 2. The number of benzene rings is 1. The lowest BCUT2D eigenvalue weighted by Crippen LogP contribution is -2.59.